The largest absolute Gasteiger partial charge is 0.477 e. The third-order valence-electron chi connectivity index (χ3n) is 1.33. The van der Waals surface area contributed by atoms with Crippen molar-refractivity contribution in [3.8, 4) is 0 Å². The summed E-state index contributed by atoms with van der Waals surface area (Å²) in [6.45, 7) is 0. The fourth-order valence-corrected chi connectivity index (χ4v) is 0.814. The number of para-hydroxylation sites is 1. The maximum absolute atomic E-state index is 10.4. The smallest absolute Gasteiger partial charge is 0.342 e. The summed E-state index contributed by atoms with van der Waals surface area (Å²) >= 11 is 0. The van der Waals surface area contributed by atoms with Crippen LogP contribution in [0.2, 0.25) is 0 Å². The predicted octanol–water partition coefficient (Wildman–Crippen LogP) is 0.912. The van der Waals surface area contributed by atoms with E-state index in [2.05, 4.69) is 0 Å². The SMILES string of the molecule is O=C(O)c1ccccc1[N+](=O)[O-].[Na]. The number of rotatable bonds is 2. The molecular formula is C7H5NNaO4. The summed E-state index contributed by atoms with van der Waals surface area (Å²) in [5.41, 5.74) is -0.674. The molecule has 0 bridgehead atoms. The number of hydrogen-bond acceptors (Lipinski definition) is 3. The monoisotopic (exact) mass is 190 g/mol. The van der Waals surface area contributed by atoms with Gasteiger partial charge in [0.25, 0.3) is 5.69 Å². The molecule has 0 aliphatic rings. The summed E-state index contributed by atoms with van der Waals surface area (Å²) in [6.07, 6.45) is 0. The topological polar surface area (TPSA) is 80.4 Å². The number of hydrogen-bond donors (Lipinski definition) is 1. The minimum absolute atomic E-state index is 0. The Morgan fingerprint density at radius 2 is 1.92 bits per heavy atom. The Kier molecular flexibility index (Phi) is 4.61. The molecule has 0 amide bonds. The summed E-state index contributed by atoms with van der Waals surface area (Å²) in [6, 6.07) is 5.21. The molecule has 0 unspecified atom stereocenters. The van der Waals surface area contributed by atoms with Crippen molar-refractivity contribution >= 4 is 41.2 Å². The Hall–Kier alpha value is -0.910. The van der Waals surface area contributed by atoms with E-state index in [0.717, 1.165) is 6.07 Å². The molecule has 13 heavy (non-hydrogen) atoms. The van der Waals surface area contributed by atoms with E-state index >= 15 is 0 Å². The van der Waals surface area contributed by atoms with Crippen molar-refractivity contribution in [2.45, 2.75) is 0 Å². The zero-order valence-corrected chi connectivity index (χ0v) is 8.93. The average Bonchev–Trinajstić information content (AvgIpc) is 2.04. The van der Waals surface area contributed by atoms with Gasteiger partial charge >= 0.3 is 5.97 Å². The molecule has 6 heteroatoms. The van der Waals surface area contributed by atoms with Gasteiger partial charge in [-0.25, -0.2) is 4.79 Å². The Labute approximate surface area is 95.8 Å². The van der Waals surface area contributed by atoms with Gasteiger partial charge in [-0.05, 0) is 6.07 Å². The predicted molar refractivity (Wildman–Crippen MR) is 45.8 cm³/mol. The van der Waals surface area contributed by atoms with Crippen molar-refractivity contribution in [3.63, 3.8) is 0 Å². The number of aromatic carboxylic acids is 1. The van der Waals surface area contributed by atoms with Gasteiger partial charge in [-0.1, -0.05) is 12.1 Å². The van der Waals surface area contributed by atoms with Gasteiger partial charge in [0, 0.05) is 35.6 Å². The minimum atomic E-state index is -1.29. The van der Waals surface area contributed by atoms with E-state index < -0.39 is 10.9 Å². The van der Waals surface area contributed by atoms with Gasteiger partial charge in [-0.15, -0.1) is 0 Å². The number of carbonyl (C=O) groups is 1. The number of nitrogens with zero attached hydrogens (tertiary/aromatic N) is 1. The molecule has 0 saturated carbocycles. The second-order valence-electron chi connectivity index (χ2n) is 2.08. The molecule has 0 saturated heterocycles. The first-order valence-corrected chi connectivity index (χ1v) is 3.09. The van der Waals surface area contributed by atoms with E-state index in [1.54, 1.807) is 0 Å². The van der Waals surface area contributed by atoms with E-state index in [1.165, 1.54) is 18.2 Å². The van der Waals surface area contributed by atoms with E-state index in [9.17, 15) is 14.9 Å². The molecule has 63 valence electrons. The van der Waals surface area contributed by atoms with Gasteiger partial charge in [-0.2, -0.15) is 0 Å². The molecule has 1 aromatic rings. The normalized spacial score (nSPS) is 8.62. The molecule has 1 aromatic carbocycles. The van der Waals surface area contributed by atoms with Crippen molar-refractivity contribution in [3.05, 3.63) is 39.9 Å². The molecule has 0 aromatic heterocycles. The Morgan fingerprint density at radius 1 is 1.38 bits per heavy atom. The van der Waals surface area contributed by atoms with Crippen LogP contribution in [0.15, 0.2) is 24.3 Å². The molecular weight excluding hydrogens is 185 g/mol. The van der Waals surface area contributed by atoms with Gasteiger partial charge in [0.2, 0.25) is 0 Å². The van der Waals surface area contributed by atoms with Crippen LogP contribution in [-0.4, -0.2) is 45.6 Å². The third-order valence-corrected chi connectivity index (χ3v) is 1.33. The summed E-state index contributed by atoms with van der Waals surface area (Å²) in [4.78, 5) is 20.0. The van der Waals surface area contributed by atoms with Crippen LogP contribution in [-0.2, 0) is 0 Å². The molecule has 1 radical (unpaired) electrons. The van der Waals surface area contributed by atoms with Crippen molar-refractivity contribution in [1.29, 1.82) is 0 Å². The Balaban J connectivity index is 0.00000144. The number of carboxylic acids is 1. The van der Waals surface area contributed by atoms with E-state index in [0.29, 0.717) is 0 Å². The number of benzene rings is 1. The first-order chi connectivity index (χ1) is 5.63. The second kappa shape index (κ2) is 4.96. The van der Waals surface area contributed by atoms with Crippen molar-refractivity contribution in [2.75, 3.05) is 0 Å². The fourth-order valence-electron chi connectivity index (χ4n) is 0.814. The van der Waals surface area contributed by atoms with Crippen LogP contribution in [0.5, 0.6) is 0 Å². The molecule has 0 fully saturated rings. The molecule has 1 N–H and O–H groups in total. The third kappa shape index (κ3) is 2.80. The van der Waals surface area contributed by atoms with Crippen molar-refractivity contribution < 1.29 is 14.8 Å². The molecule has 0 spiro atoms. The van der Waals surface area contributed by atoms with E-state index in [-0.39, 0.29) is 40.8 Å². The van der Waals surface area contributed by atoms with Gasteiger partial charge in [0.1, 0.15) is 5.56 Å². The second-order valence-corrected chi connectivity index (χ2v) is 2.08. The zero-order chi connectivity index (χ0) is 9.14. The molecule has 0 aliphatic heterocycles. The van der Waals surface area contributed by atoms with Crippen LogP contribution in [0, 0.1) is 10.1 Å². The van der Waals surface area contributed by atoms with Gasteiger partial charge in [-0.3, -0.25) is 10.1 Å². The maximum atomic E-state index is 10.4. The first-order valence-electron chi connectivity index (χ1n) is 3.09. The van der Waals surface area contributed by atoms with Crippen molar-refractivity contribution in [1.82, 2.24) is 0 Å². The molecule has 5 nitrogen and oxygen atoms in total. The maximum Gasteiger partial charge on any atom is 0.342 e. The minimum Gasteiger partial charge on any atom is -0.477 e. The Morgan fingerprint density at radius 3 is 2.31 bits per heavy atom. The molecule has 0 atom stereocenters. The van der Waals surface area contributed by atoms with Crippen LogP contribution >= 0.6 is 0 Å². The summed E-state index contributed by atoms with van der Waals surface area (Å²) in [5, 5.41) is 18.8. The number of nitro benzene ring substituents is 1. The average molecular weight is 190 g/mol. The van der Waals surface area contributed by atoms with Crippen LogP contribution in [0.25, 0.3) is 0 Å². The van der Waals surface area contributed by atoms with E-state index in [4.69, 9.17) is 5.11 Å². The first kappa shape index (κ1) is 12.1. The quantitative estimate of drug-likeness (QED) is 0.427. The van der Waals surface area contributed by atoms with Crippen LogP contribution < -0.4 is 0 Å². The molecule has 0 heterocycles. The van der Waals surface area contributed by atoms with Gasteiger partial charge in [0.05, 0.1) is 4.92 Å². The van der Waals surface area contributed by atoms with Crippen LogP contribution in [0.4, 0.5) is 5.69 Å². The van der Waals surface area contributed by atoms with Crippen molar-refractivity contribution in [2.24, 2.45) is 0 Å². The molecule has 1 rings (SSSR count). The summed E-state index contributed by atoms with van der Waals surface area (Å²) in [5.74, 6) is -1.29. The summed E-state index contributed by atoms with van der Waals surface area (Å²) < 4.78 is 0. The number of nitro groups is 1. The summed E-state index contributed by atoms with van der Waals surface area (Å²) in [7, 11) is 0. The van der Waals surface area contributed by atoms with E-state index in [1.807, 2.05) is 0 Å². The number of carboxylic acid groups (broad SMARTS) is 1. The fraction of sp³-hybridized carbons (Fsp3) is 0. The Bertz CT molecular complexity index is 306. The zero-order valence-electron chi connectivity index (χ0n) is 6.93. The van der Waals surface area contributed by atoms with Crippen LogP contribution in [0.1, 0.15) is 10.4 Å². The van der Waals surface area contributed by atoms with Gasteiger partial charge < -0.3 is 5.11 Å². The standard InChI is InChI=1S/C7H5NO4.Na/c9-7(10)5-3-1-2-4-6(5)8(11)12;/h1-4H,(H,9,10);. The molecule has 0 aliphatic carbocycles. The van der Waals surface area contributed by atoms with Gasteiger partial charge in [0.15, 0.2) is 0 Å². The van der Waals surface area contributed by atoms with Crippen LogP contribution in [0.3, 0.4) is 0 Å².